The van der Waals surface area contributed by atoms with Crippen LogP contribution in [-0.2, 0) is 9.53 Å². The number of nitrogens with zero attached hydrogens (tertiary/aromatic N) is 2. The van der Waals surface area contributed by atoms with Gasteiger partial charge in [0.05, 0.1) is 29.9 Å². The Morgan fingerprint density at radius 2 is 2.28 bits per heavy atom. The first-order chi connectivity index (χ1) is 8.65. The molecule has 1 fully saturated rings. The van der Waals surface area contributed by atoms with E-state index in [0.29, 0.717) is 24.6 Å². The van der Waals surface area contributed by atoms with Gasteiger partial charge in [-0.25, -0.2) is 0 Å². The highest BCUT2D eigenvalue weighted by Crippen LogP contribution is 2.35. The second-order valence-electron chi connectivity index (χ2n) is 4.16. The Balaban J connectivity index is 1.98. The Labute approximate surface area is 102 Å². The number of benzene rings is 1. The summed E-state index contributed by atoms with van der Waals surface area (Å²) in [5.41, 5.74) is 0.379. The van der Waals surface area contributed by atoms with Gasteiger partial charge in [-0.15, -0.1) is 0 Å². The molecular weight excluding hydrogens is 240 g/mol. The van der Waals surface area contributed by atoms with Crippen LogP contribution in [0.5, 0.6) is 5.75 Å². The first-order valence-electron chi connectivity index (χ1n) is 5.48. The van der Waals surface area contributed by atoms with Gasteiger partial charge in [0.15, 0.2) is 6.61 Å². The van der Waals surface area contributed by atoms with Crippen LogP contribution in [0.3, 0.4) is 0 Å². The molecule has 1 atom stereocenters. The quantitative estimate of drug-likeness (QED) is 0.448. The van der Waals surface area contributed by atoms with Gasteiger partial charge in [-0.3, -0.25) is 14.9 Å². The lowest BCUT2D eigenvalue weighted by Crippen LogP contribution is -2.41. The zero-order chi connectivity index (χ0) is 12.7. The molecule has 2 heterocycles. The molecule has 7 heteroatoms. The van der Waals surface area contributed by atoms with E-state index in [1.54, 1.807) is 0 Å². The van der Waals surface area contributed by atoms with Crippen molar-refractivity contribution in [2.45, 2.75) is 6.10 Å². The summed E-state index contributed by atoms with van der Waals surface area (Å²) in [4.78, 5) is 23.5. The van der Waals surface area contributed by atoms with Crippen LogP contribution in [0.2, 0.25) is 0 Å². The Morgan fingerprint density at radius 3 is 2.94 bits per heavy atom. The van der Waals surface area contributed by atoms with Crippen molar-refractivity contribution in [2.75, 3.05) is 24.7 Å². The third-order valence-corrected chi connectivity index (χ3v) is 2.88. The molecule has 1 unspecified atom stereocenters. The van der Waals surface area contributed by atoms with Crippen molar-refractivity contribution in [2.24, 2.45) is 0 Å². The van der Waals surface area contributed by atoms with Crippen molar-refractivity contribution in [3.63, 3.8) is 0 Å². The van der Waals surface area contributed by atoms with E-state index in [0.717, 1.165) is 0 Å². The lowest BCUT2D eigenvalue weighted by atomic mass is 10.2. The summed E-state index contributed by atoms with van der Waals surface area (Å²) in [6, 6.07) is 4.23. The third kappa shape index (κ3) is 1.88. The zero-order valence-corrected chi connectivity index (χ0v) is 9.37. The maximum atomic E-state index is 11.8. The summed E-state index contributed by atoms with van der Waals surface area (Å²) >= 11 is 0. The van der Waals surface area contributed by atoms with Crippen LogP contribution in [0.15, 0.2) is 18.2 Å². The highest BCUT2D eigenvalue weighted by Gasteiger charge is 2.33. The first kappa shape index (κ1) is 11.0. The van der Waals surface area contributed by atoms with E-state index in [2.05, 4.69) is 0 Å². The predicted molar refractivity (Wildman–Crippen MR) is 60.7 cm³/mol. The minimum atomic E-state index is -0.495. The minimum absolute atomic E-state index is 0.0270. The molecule has 3 rings (SSSR count). The van der Waals surface area contributed by atoms with Crippen LogP contribution in [0.25, 0.3) is 0 Å². The molecule has 1 aromatic rings. The highest BCUT2D eigenvalue weighted by molar-refractivity contribution is 5.98. The summed E-state index contributed by atoms with van der Waals surface area (Å²) in [7, 11) is 0. The number of hydrogen-bond donors (Lipinski definition) is 0. The molecule has 0 spiro atoms. The third-order valence-electron chi connectivity index (χ3n) is 2.88. The number of non-ortho nitro benzene ring substituents is 1. The standard InChI is InChI=1S/C11H10N2O5/c14-11-6-18-10-2-1-7(13(15)16)3-9(10)12(11)4-8-5-17-8/h1-3,8H,4-6H2. The highest BCUT2D eigenvalue weighted by atomic mass is 16.6. The fraction of sp³-hybridized carbons (Fsp3) is 0.364. The lowest BCUT2D eigenvalue weighted by Gasteiger charge is -2.28. The number of nitro benzene ring substituents is 1. The molecule has 1 aromatic carbocycles. The molecule has 94 valence electrons. The lowest BCUT2D eigenvalue weighted by molar-refractivity contribution is -0.384. The molecular formula is C11H10N2O5. The van der Waals surface area contributed by atoms with Crippen molar-refractivity contribution in [1.82, 2.24) is 0 Å². The van der Waals surface area contributed by atoms with E-state index >= 15 is 0 Å². The molecule has 1 saturated heterocycles. The van der Waals surface area contributed by atoms with Gasteiger partial charge in [0.1, 0.15) is 5.75 Å². The number of hydrogen-bond acceptors (Lipinski definition) is 5. The van der Waals surface area contributed by atoms with Crippen molar-refractivity contribution in [3.8, 4) is 5.75 Å². The van der Waals surface area contributed by atoms with E-state index in [-0.39, 0.29) is 24.3 Å². The number of carbonyl (C=O) groups is 1. The Morgan fingerprint density at radius 1 is 1.50 bits per heavy atom. The number of fused-ring (bicyclic) bond motifs is 1. The van der Waals surface area contributed by atoms with E-state index < -0.39 is 4.92 Å². The monoisotopic (exact) mass is 250 g/mol. The predicted octanol–water partition coefficient (Wildman–Crippen LogP) is 0.719. The second kappa shape index (κ2) is 3.95. The number of rotatable bonds is 3. The fourth-order valence-corrected chi connectivity index (χ4v) is 1.88. The van der Waals surface area contributed by atoms with Crippen LogP contribution < -0.4 is 9.64 Å². The van der Waals surface area contributed by atoms with Crippen LogP contribution in [0.1, 0.15) is 0 Å². The van der Waals surface area contributed by atoms with Crippen LogP contribution in [-0.4, -0.2) is 36.7 Å². The molecule has 0 aliphatic carbocycles. The molecule has 2 aliphatic rings. The summed E-state index contributed by atoms with van der Waals surface area (Å²) in [6.07, 6.45) is 0.0270. The van der Waals surface area contributed by atoms with E-state index in [1.165, 1.54) is 23.1 Å². The molecule has 18 heavy (non-hydrogen) atoms. The zero-order valence-electron chi connectivity index (χ0n) is 9.37. The fourth-order valence-electron chi connectivity index (χ4n) is 1.88. The number of epoxide rings is 1. The number of ether oxygens (including phenoxy) is 2. The van der Waals surface area contributed by atoms with E-state index in [4.69, 9.17) is 9.47 Å². The van der Waals surface area contributed by atoms with Gasteiger partial charge in [0, 0.05) is 12.1 Å². The first-order valence-corrected chi connectivity index (χ1v) is 5.48. The summed E-state index contributed by atoms with van der Waals surface area (Å²) in [6.45, 7) is 0.989. The number of carbonyl (C=O) groups excluding carboxylic acids is 1. The van der Waals surface area contributed by atoms with Gasteiger partial charge in [-0.05, 0) is 6.07 Å². The average molecular weight is 250 g/mol. The van der Waals surface area contributed by atoms with Crippen LogP contribution in [0.4, 0.5) is 11.4 Å². The van der Waals surface area contributed by atoms with Gasteiger partial charge in [-0.1, -0.05) is 0 Å². The molecule has 2 aliphatic heterocycles. The van der Waals surface area contributed by atoms with Gasteiger partial charge in [0.25, 0.3) is 11.6 Å². The molecule has 1 amide bonds. The summed E-state index contributed by atoms with van der Waals surface area (Å²) in [5.74, 6) is 0.277. The topological polar surface area (TPSA) is 85.2 Å². The van der Waals surface area contributed by atoms with Crippen molar-refractivity contribution >= 4 is 17.3 Å². The Bertz CT molecular complexity index is 526. The van der Waals surface area contributed by atoms with Gasteiger partial charge < -0.3 is 14.4 Å². The summed E-state index contributed by atoms with van der Waals surface area (Å²) < 4.78 is 10.3. The average Bonchev–Trinajstić information content (AvgIpc) is 3.16. The van der Waals surface area contributed by atoms with Crippen molar-refractivity contribution < 1.29 is 19.2 Å². The molecule has 0 aromatic heterocycles. The van der Waals surface area contributed by atoms with Crippen LogP contribution >= 0.6 is 0 Å². The molecule has 7 nitrogen and oxygen atoms in total. The van der Waals surface area contributed by atoms with Crippen molar-refractivity contribution in [3.05, 3.63) is 28.3 Å². The molecule has 0 radical (unpaired) electrons. The molecule has 0 bridgehead atoms. The van der Waals surface area contributed by atoms with E-state index in [1.807, 2.05) is 0 Å². The van der Waals surface area contributed by atoms with Gasteiger partial charge in [0.2, 0.25) is 0 Å². The normalized spacial score (nSPS) is 21.2. The van der Waals surface area contributed by atoms with Gasteiger partial charge >= 0.3 is 0 Å². The minimum Gasteiger partial charge on any atom is -0.482 e. The Kier molecular flexibility index (Phi) is 2.41. The molecule has 0 N–H and O–H groups in total. The number of amides is 1. The second-order valence-corrected chi connectivity index (χ2v) is 4.16. The number of anilines is 1. The SMILES string of the molecule is O=C1COc2ccc([N+](=O)[O-])cc2N1CC1CO1. The van der Waals surface area contributed by atoms with Crippen LogP contribution in [0, 0.1) is 10.1 Å². The molecule has 0 saturated carbocycles. The maximum absolute atomic E-state index is 11.8. The maximum Gasteiger partial charge on any atom is 0.271 e. The van der Waals surface area contributed by atoms with Crippen molar-refractivity contribution in [1.29, 1.82) is 0 Å². The smallest absolute Gasteiger partial charge is 0.271 e. The van der Waals surface area contributed by atoms with E-state index in [9.17, 15) is 14.9 Å². The summed E-state index contributed by atoms with van der Waals surface area (Å²) in [5, 5.41) is 10.7. The van der Waals surface area contributed by atoms with Gasteiger partial charge in [-0.2, -0.15) is 0 Å². The largest absolute Gasteiger partial charge is 0.482 e. The Hall–Kier alpha value is -2.15. The number of nitro groups is 1.